The topological polar surface area (TPSA) is 20.3 Å². The standard InChI is InChI=1S/C20H28NOP/c1-15(2)21(16(3)4)23(22,19-11-7-17(5)8-12-19)20-13-9-18(6)10-14-20/h7-16H,1-6H3. The van der Waals surface area contributed by atoms with Gasteiger partial charge in [-0.25, -0.2) is 4.67 Å². The molecule has 0 aliphatic carbocycles. The number of hydrogen-bond acceptors (Lipinski definition) is 1. The van der Waals surface area contributed by atoms with E-state index in [1.54, 1.807) is 0 Å². The molecule has 2 aromatic carbocycles. The molecule has 0 N–H and O–H groups in total. The molecule has 2 rings (SSSR count). The van der Waals surface area contributed by atoms with Crippen molar-refractivity contribution in [1.29, 1.82) is 0 Å². The summed E-state index contributed by atoms with van der Waals surface area (Å²) >= 11 is 0. The Labute approximate surface area is 141 Å². The summed E-state index contributed by atoms with van der Waals surface area (Å²) in [6, 6.07) is 16.7. The average Bonchev–Trinajstić information content (AvgIpc) is 2.47. The van der Waals surface area contributed by atoms with Gasteiger partial charge in [-0.3, -0.25) is 4.57 Å². The van der Waals surface area contributed by atoms with Crippen molar-refractivity contribution in [3.63, 3.8) is 0 Å². The fourth-order valence-corrected chi connectivity index (χ4v) is 6.39. The monoisotopic (exact) mass is 329 g/mol. The molecule has 23 heavy (non-hydrogen) atoms. The van der Waals surface area contributed by atoms with Gasteiger partial charge in [0.05, 0.1) is 0 Å². The van der Waals surface area contributed by atoms with Crippen LogP contribution in [0, 0.1) is 13.8 Å². The molecule has 2 aromatic rings. The maximum absolute atomic E-state index is 14.3. The molecule has 2 nitrogen and oxygen atoms in total. The number of hydrogen-bond donors (Lipinski definition) is 0. The highest BCUT2D eigenvalue weighted by molar-refractivity contribution is 7.76. The molecule has 0 atom stereocenters. The number of aryl methyl sites for hydroxylation is 2. The molecule has 3 heteroatoms. The second kappa shape index (κ2) is 7.03. The van der Waals surface area contributed by atoms with Gasteiger partial charge in [0.1, 0.15) is 0 Å². The van der Waals surface area contributed by atoms with Crippen molar-refractivity contribution in [3.8, 4) is 0 Å². The number of benzene rings is 2. The molecule has 0 saturated heterocycles. The Bertz CT molecular complexity index is 629. The van der Waals surface area contributed by atoms with Crippen molar-refractivity contribution >= 4 is 17.9 Å². The summed E-state index contributed by atoms with van der Waals surface area (Å²) in [6.45, 7) is 12.6. The zero-order valence-corrected chi connectivity index (χ0v) is 16.0. The Morgan fingerprint density at radius 3 is 1.26 bits per heavy atom. The van der Waals surface area contributed by atoms with E-state index in [-0.39, 0.29) is 12.1 Å². The van der Waals surface area contributed by atoms with Crippen molar-refractivity contribution in [2.45, 2.75) is 53.6 Å². The minimum atomic E-state index is -2.85. The third-order valence-electron chi connectivity index (χ3n) is 4.15. The van der Waals surface area contributed by atoms with E-state index in [0.717, 1.165) is 10.6 Å². The molecular weight excluding hydrogens is 301 g/mol. The fourth-order valence-electron chi connectivity index (χ4n) is 3.16. The molecule has 0 fully saturated rings. The maximum Gasteiger partial charge on any atom is 0.207 e. The minimum absolute atomic E-state index is 0.198. The third kappa shape index (κ3) is 3.59. The van der Waals surface area contributed by atoms with Gasteiger partial charge in [-0.15, -0.1) is 0 Å². The van der Waals surface area contributed by atoms with E-state index in [1.165, 1.54) is 11.1 Å². The summed E-state index contributed by atoms with van der Waals surface area (Å²) in [4.78, 5) is 0. The predicted octanol–water partition coefficient (Wildman–Crippen LogP) is 4.65. The first kappa shape index (κ1) is 18.0. The normalized spacial score (nSPS) is 12.4. The molecular formula is C20H28NOP. The van der Waals surface area contributed by atoms with Gasteiger partial charge in [0.2, 0.25) is 7.29 Å². The van der Waals surface area contributed by atoms with Gasteiger partial charge >= 0.3 is 0 Å². The molecule has 0 unspecified atom stereocenters. The van der Waals surface area contributed by atoms with Crippen LogP contribution in [0.3, 0.4) is 0 Å². The van der Waals surface area contributed by atoms with E-state index in [1.807, 2.05) is 24.3 Å². The van der Waals surface area contributed by atoms with Crippen molar-refractivity contribution in [2.24, 2.45) is 0 Å². The molecule has 0 spiro atoms. The van der Waals surface area contributed by atoms with Gasteiger partial charge < -0.3 is 0 Å². The summed E-state index contributed by atoms with van der Waals surface area (Å²) in [5, 5.41) is 1.82. The van der Waals surface area contributed by atoms with Crippen LogP contribution in [0.2, 0.25) is 0 Å². The van der Waals surface area contributed by atoms with E-state index in [9.17, 15) is 4.57 Å². The summed E-state index contributed by atoms with van der Waals surface area (Å²) in [5.74, 6) is 0. The minimum Gasteiger partial charge on any atom is -0.296 e. The zero-order valence-electron chi connectivity index (χ0n) is 15.1. The van der Waals surface area contributed by atoms with Gasteiger partial charge in [0.15, 0.2) is 0 Å². The highest BCUT2D eigenvalue weighted by Crippen LogP contribution is 2.50. The summed E-state index contributed by atoms with van der Waals surface area (Å²) in [6.07, 6.45) is 0. The van der Waals surface area contributed by atoms with E-state index in [2.05, 4.69) is 70.5 Å². The fraction of sp³-hybridized carbons (Fsp3) is 0.400. The molecule has 0 saturated carbocycles. The lowest BCUT2D eigenvalue weighted by molar-refractivity contribution is 0.307. The molecule has 124 valence electrons. The van der Waals surface area contributed by atoms with Crippen LogP contribution in [-0.4, -0.2) is 16.8 Å². The van der Waals surface area contributed by atoms with Gasteiger partial charge in [0, 0.05) is 22.7 Å². The second-order valence-electron chi connectivity index (χ2n) is 6.81. The van der Waals surface area contributed by atoms with Gasteiger partial charge in [-0.1, -0.05) is 35.4 Å². The van der Waals surface area contributed by atoms with Crippen LogP contribution in [0.15, 0.2) is 48.5 Å². The lowest BCUT2D eigenvalue weighted by Crippen LogP contribution is -2.41. The zero-order chi connectivity index (χ0) is 17.2. The van der Waals surface area contributed by atoms with Crippen LogP contribution >= 0.6 is 7.29 Å². The van der Waals surface area contributed by atoms with Crippen LogP contribution in [0.1, 0.15) is 38.8 Å². The number of rotatable bonds is 5. The van der Waals surface area contributed by atoms with Crippen molar-refractivity contribution in [1.82, 2.24) is 4.67 Å². The summed E-state index contributed by atoms with van der Waals surface area (Å²) in [5.41, 5.74) is 2.37. The largest absolute Gasteiger partial charge is 0.296 e. The smallest absolute Gasteiger partial charge is 0.207 e. The van der Waals surface area contributed by atoms with E-state index < -0.39 is 7.29 Å². The van der Waals surface area contributed by atoms with Crippen molar-refractivity contribution < 1.29 is 4.57 Å². The molecule has 0 amide bonds. The van der Waals surface area contributed by atoms with E-state index in [4.69, 9.17) is 0 Å². The molecule has 0 heterocycles. The summed E-state index contributed by atoms with van der Waals surface area (Å²) < 4.78 is 16.5. The average molecular weight is 329 g/mol. The lowest BCUT2D eigenvalue weighted by Gasteiger charge is -2.38. The Morgan fingerprint density at radius 1 is 0.696 bits per heavy atom. The van der Waals surface area contributed by atoms with E-state index >= 15 is 0 Å². The molecule has 0 radical (unpaired) electrons. The Morgan fingerprint density at radius 2 is 1.00 bits per heavy atom. The summed E-state index contributed by atoms with van der Waals surface area (Å²) in [7, 11) is -2.85. The van der Waals surface area contributed by atoms with Gasteiger partial charge in [0.25, 0.3) is 0 Å². The van der Waals surface area contributed by atoms with Crippen LogP contribution in [0.5, 0.6) is 0 Å². The highest BCUT2D eigenvalue weighted by Gasteiger charge is 2.37. The van der Waals surface area contributed by atoms with Gasteiger partial charge in [-0.2, -0.15) is 0 Å². The van der Waals surface area contributed by atoms with Crippen LogP contribution < -0.4 is 10.6 Å². The first-order valence-electron chi connectivity index (χ1n) is 8.30. The molecule has 0 aliphatic rings. The first-order valence-corrected chi connectivity index (χ1v) is 9.96. The predicted molar refractivity (Wildman–Crippen MR) is 101 cm³/mol. The SMILES string of the molecule is Cc1ccc(P(=O)(c2ccc(C)cc2)N(C(C)C)C(C)C)cc1. The number of nitrogens with zero attached hydrogens (tertiary/aromatic N) is 1. The lowest BCUT2D eigenvalue weighted by atomic mass is 10.2. The Kier molecular flexibility index (Phi) is 5.49. The Balaban J connectivity index is 2.70. The van der Waals surface area contributed by atoms with Crippen molar-refractivity contribution in [3.05, 3.63) is 59.7 Å². The highest BCUT2D eigenvalue weighted by atomic mass is 31.2. The van der Waals surface area contributed by atoms with Gasteiger partial charge in [-0.05, 0) is 65.8 Å². The first-order chi connectivity index (χ1) is 10.8. The van der Waals surface area contributed by atoms with E-state index in [0.29, 0.717) is 0 Å². The third-order valence-corrected chi connectivity index (χ3v) is 7.72. The molecule has 0 aromatic heterocycles. The molecule has 0 aliphatic heterocycles. The maximum atomic E-state index is 14.3. The van der Waals surface area contributed by atoms with Crippen LogP contribution in [-0.2, 0) is 4.57 Å². The van der Waals surface area contributed by atoms with Crippen molar-refractivity contribution in [2.75, 3.05) is 0 Å². The van der Waals surface area contributed by atoms with Crippen LogP contribution in [0.4, 0.5) is 0 Å². The molecule has 0 bridgehead atoms. The quantitative estimate of drug-likeness (QED) is 0.744. The van der Waals surface area contributed by atoms with Crippen LogP contribution in [0.25, 0.3) is 0 Å². The Hall–Kier alpha value is -1.37. The second-order valence-corrected chi connectivity index (χ2v) is 9.46.